The first kappa shape index (κ1) is 16.8. The van der Waals surface area contributed by atoms with Gasteiger partial charge in [-0.05, 0) is 52.7 Å². The van der Waals surface area contributed by atoms with Crippen molar-refractivity contribution in [1.29, 1.82) is 0 Å². The summed E-state index contributed by atoms with van der Waals surface area (Å²) in [7, 11) is 0. The Kier molecular flexibility index (Phi) is 4.71. The van der Waals surface area contributed by atoms with Crippen LogP contribution in [0.5, 0.6) is 0 Å². The van der Waals surface area contributed by atoms with Crippen LogP contribution in [0.2, 0.25) is 0 Å². The lowest BCUT2D eigenvalue weighted by Gasteiger charge is -2.10. The number of hydrogen-bond donors (Lipinski definition) is 0. The Morgan fingerprint density at radius 1 is 1.00 bits per heavy atom. The van der Waals surface area contributed by atoms with E-state index in [9.17, 15) is 4.79 Å². The predicted octanol–water partition coefficient (Wildman–Crippen LogP) is 6.11. The molecule has 0 amide bonds. The average Bonchev–Trinajstić information content (AvgIpc) is 3.28. The van der Waals surface area contributed by atoms with Gasteiger partial charge in [0.15, 0.2) is 5.78 Å². The van der Waals surface area contributed by atoms with Crippen molar-refractivity contribution in [2.24, 2.45) is 0 Å². The molecule has 4 rings (SSSR count). The van der Waals surface area contributed by atoms with E-state index in [-0.39, 0.29) is 5.78 Å². The minimum absolute atomic E-state index is 0.211. The van der Waals surface area contributed by atoms with Crippen molar-refractivity contribution >= 4 is 11.9 Å². The lowest BCUT2D eigenvalue weighted by atomic mass is 9.93. The van der Waals surface area contributed by atoms with E-state index in [0.717, 1.165) is 31.2 Å². The normalized spacial score (nSPS) is 15.3. The third-order valence-electron chi connectivity index (χ3n) is 5.31. The molecule has 2 aromatic rings. The molecule has 2 aromatic carbocycles. The van der Waals surface area contributed by atoms with E-state index < -0.39 is 0 Å². The molecule has 26 heavy (non-hydrogen) atoms. The van der Waals surface area contributed by atoms with E-state index in [4.69, 9.17) is 0 Å². The van der Waals surface area contributed by atoms with E-state index in [1.54, 1.807) is 0 Å². The highest BCUT2D eigenvalue weighted by molar-refractivity contribution is 5.98. The highest BCUT2D eigenvalue weighted by Gasteiger charge is 2.21. The van der Waals surface area contributed by atoms with Crippen molar-refractivity contribution in [1.82, 2.24) is 0 Å². The van der Waals surface area contributed by atoms with Crippen molar-refractivity contribution in [3.8, 4) is 0 Å². The zero-order chi connectivity index (χ0) is 17.9. The summed E-state index contributed by atoms with van der Waals surface area (Å²) in [6, 6.07) is 16.7. The molecule has 0 bridgehead atoms. The van der Waals surface area contributed by atoms with Gasteiger partial charge in [0.1, 0.15) is 0 Å². The summed E-state index contributed by atoms with van der Waals surface area (Å²) in [4.78, 5) is 12.8. The minimum Gasteiger partial charge on any atom is -0.294 e. The minimum atomic E-state index is 0.211. The Labute approximate surface area is 155 Å². The number of carbonyl (C=O) groups is 1. The van der Waals surface area contributed by atoms with Crippen LogP contribution in [0.3, 0.4) is 0 Å². The molecule has 1 heteroatoms. The number of Topliss-reactive ketones (excluding diaryl/α,β-unsaturated/α-hetero) is 1. The van der Waals surface area contributed by atoms with Gasteiger partial charge in [-0.25, -0.2) is 0 Å². The van der Waals surface area contributed by atoms with Crippen molar-refractivity contribution in [2.45, 2.75) is 39.0 Å². The Hall–Kier alpha value is -2.67. The van der Waals surface area contributed by atoms with Gasteiger partial charge in [-0.15, -0.1) is 0 Å². The fourth-order valence-corrected chi connectivity index (χ4v) is 3.94. The van der Waals surface area contributed by atoms with Crippen molar-refractivity contribution in [3.05, 3.63) is 99.7 Å². The van der Waals surface area contributed by atoms with Crippen LogP contribution in [0, 0.1) is 0 Å². The molecular weight excluding hydrogens is 316 g/mol. The molecule has 0 saturated heterocycles. The van der Waals surface area contributed by atoms with Gasteiger partial charge in [-0.2, -0.15) is 0 Å². The van der Waals surface area contributed by atoms with Crippen molar-refractivity contribution in [2.75, 3.05) is 0 Å². The SMILES string of the molecule is CCCc1ccc(C(=O)CC2=CCC=C2C2=Cc3ccccc3C2)cc1. The number of benzene rings is 2. The van der Waals surface area contributed by atoms with Gasteiger partial charge in [0, 0.05) is 12.0 Å². The molecule has 0 N–H and O–H groups in total. The van der Waals surface area contributed by atoms with Crippen LogP contribution in [0.15, 0.2) is 77.4 Å². The van der Waals surface area contributed by atoms with Gasteiger partial charge in [-0.3, -0.25) is 4.79 Å². The van der Waals surface area contributed by atoms with Crippen LogP contribution >= 0.6 is 0 Å². The molecule has 0 saturated carbocycles. The molecule has 0 unspecified atom stereocenters. The third kappa shape index (κ3) is 3.35. The van der Waals surface area contributed by atoms with E-state index in [0.29, 0.717) is 6.42 Å². The first-order chi connectivity index (χ1) is 12.7. The van der Waals surface area contributed by atoms with E-state index in [1.807, 2.05) is 12.1 Å². The summed E-state index contributed by atoms with van der Waals surface area (Å²) in [6.45, 7) is 2.18. The zero-order valence-electron chi connectivity index (χ0n) is 15.3. The summed E-state index contributed by atoms with van der Waals surface area (Å²) in [6.07, 6.45) is 11.4. The molecular formula is C25H24O. The van der Waals surface area contributed by atoms with Crippen LogP contribution < -0.4 is 0 Å². The predicted molar refractivity (Wildman–Crippen MR) is 108 cm³/mol. The second-order valence-corrected chi connectivity index (χ2v) is 7.17. The maximum atomic E-state index is 12.8. The molecule has 0 radical (unpaired) electrons. The molecule has 0 heterocycles. The second-order valence-electron chi connectivity index (χ2n) is 7.17. The zero-order valence-corrected chi connectivity index (χ0v) is 15.3. The van der Waals surface area contributed by atoms with Crippen LogP contribution in [0.1, 0.15) is 53.2 Å². The fourth-order valence-electron chi connectivity index (χ4n) is 3.94. The lowest BCUT2D eigenvalue weighted by molar-refractivity contribution is 0.0993. The summed E-state index contributed by atoms with van der Waals surface area (Å²) in [5.74, 6) is 0.211. The maximum absolute atomic E-state index is 12.8. The summed E-state index contributed by atoms with van der Waals surface area (Å²) < 4.78 is 0. The highest BCUT2D eigenvalue weighted by Crippen LogP contribution is 2.36. The quantitative estimate of drug-likeness (QED) is 0.580. The summed E-state index contributed by atoms with van der Waals surface area (Å²) in [5, 5.41) is 0. The highest BCUT2D eigenvalue weighted by atomic mass is 16.1. The van der Waals surface area contributed by atoms with Crippen LogP contribution in [0.25, 0.3) is 6.08 Å². The van der Waals surface area contributed by atoms with Gasteiger partial charge in [0.25, 0.3) is 0 Å². The first-order valence-corrected chi connectivity index (χ1v) is 9.55. The van der Waals surface area contributed by atoms with E-state index in [2.05, 4.69) is 61.5 Å². The smallest absolute Gasteiger partial charge is 0.167 e. The molecule has 0 aromatic heterocycles. The number of allylic oxidation sites excluding steroid dienone is 5. The van der Waals surface area contributed by atoms with E-state index >= 15 is 0 Å². The molecule has 0 aliphatic heterocycles. The van der Waals surface area contributed by atoms with Gasteiger partial charge < -0.3 is 0 Å². The molecule has 2 aliphatic carbocycles. The second kappa shape index (κ2) is 7.29. The Balaban J connectivity index is 1.47. The van der Waals surface area contributed by atoms with Gasteiger partial charge >= 0.3 is 0 Å². The molecule has 130 valence electrons. The average molecular weight is 340 g/mol. The standard InChI is InChI=1S/C25H24O/c1-2-6-18-11-13-19(14-12-18)25(26)17-22-9-5-10-24(22)23-15-20-7-3-4-8-21(20)16-23/h3-4,7-15H,2,5-6,16-17H2,1H3. The fraction of sp³-hybridized carbons (Fsp3) is 0.240. The number of ketones is 1. The molecule has 2 aliphatic rings. The van der Waals surface area contributed by atoms with Crippen LogP contribution in [0.4, 0.5) is 0 Å². The third-order valence-corrected chi connectivity index (χ3v) is 5.31. The van der Waals surface area contributed by atoms with Gasteiger partial charge in [-0.1, -0.05) is 80.1 Å². The number of aryl methyl sites for hydroxylation is 1. The number of fused-ring (bicyclic) bond motifs is 1. The van der Waals surface area contributed by atoms with Crippen molar-refractivity contribution < 1.29 is 4.79 Å². The van der Waals surface area contributed by atoms with Crippen LogP contribution in [-0.4, -0.2) is 5.78 Å². The first-order valence-electron chi connectivity index (χ1n) is 9.55. The number of hydrogen-bond acceptors (Lipinski definition) is 1. The van der Waals surface area contributed by atoms with Crippen molar-refractivity contribution in [3.63, 3.8) is 0 Å². The topological polar surface area (TPSA) is 17.1 Å². The Bertz CT molecular complexity index is 923. The molecule has 0 fully saturated rings. The molecule has 0 atom stereocenters. The maximum Gasteiger partial charge on any atom is 0.167 e. The molecule has 1 nitrogen and oxygen atoms in total. The van der Waals surface area contributed by atoms with E-state index in [1.165, 1.54) is 33.4 Å². The lowest BCUT2D eigenvalue weighted by Crippen LogP contribution is -2.03. The van der Waals surface area contributed by atoms with Gasteiger partial charge in [0.2, 0.25) is 0 Å². The van der Waals surface area contributed by atoms with Crippen LogP contribution in [-0.2, 0) is 12.8 Å². The molecule has 0 spiro atoms. The number of rotatable bonds is 6. The monoisotopic (exact) mass is 340 g/mol. The van der Waals surface area contributed by atoms with Gasteiger partial charge in [0.05, 0.1) is 0 Å². The Morgan fingerprint density at radius 2 is 1.81 bits per heavy atom. The number of carbonyl (C=O) groups excluding carboxylic acids is 1. The Morgan fingerprint density at radius 3 is 2.58 bits per heavy atom. The largest absolute Gasteiger partial charge is 0.294 e. The summed E-state index contributed by atoms with van der Waals surface area (Å²) in [5.41, 5.74) is 8.63. The summed E-state index contributed by atoms with van der Waals surface area (Å²) >= 11 is 0.